The second-order valence-electron chi connectivity index (χ2n) is 4.32. The topological polar surface area (TPSA) is 122 Å². The average molecular weight is 295 g/mol. The Morgan fingerprint density at radius 3 is 2.43 bits per heavy atom. The van der Waals surface area contributed by atoms with E-state index in [9.17, 15) is 14.4 Å². The van der Waals surface area contributed by atoms with Crippen LogP contribution in [-0.4, -0.2) is 47.3 Å². The molecule has 1 unspecified atom stereocenters. The molecule has 2 rings (SSSR count). The van der Waals surface area contributed by atoms with Crippen LogP contribution in [0.3, 0.4) is 0 Å². The molecule has 8 nitrogen and oxygen atoms in total. The molecule has 0 radical (unpaired) electrons. The van der Waals surface area contributed by atoms with Crippen molar-refractivity contribution in [3.63, 3.8) is 0 Å². The Bertz CT molecular complexity index is 584. The van der Waals surface area contributed by atoms with Crippen molar-refractivity contribution in [3.05, 3.63) is 23.8 Å². The Kier molecular flexibility index (Phi) is 4.27. The number of hydrogen-bond donors (Lipinski definition) is 3. The summed E-state index contributed by atoms with van der Waals surface area (Å²) in [5.74, 6) is -2.54. The maximum atomic E-state index is 12.0. The number of aliphatic carboxylic acids is 2. The molecule has 1 aliphatic rings. The molecule has 8 heteroatoms. The minimum atomic E-state index is -1.50. The first-order valence-electron chi connectivity index (χ1n) is 6.12. The lowest BCUT2D eigenvalue weighted by Gasteiger charge is -2.19. The monoisotopic (exact) mass is 295 g/mol. The van der Waals surface area contributed by atoms with Gasteiger partial charge in [-0.25, -0.2) is 4.79 Å². The SMILES string of the molecule is O=C(O)CC(NC(=O)c1ccc2c(c1)OCCO2)C(=O)O. The summed E-state index contributed by atoms with van der Waals surface area (Å²) < 4.78 is 10.6. The fourth-order valence-electron chi connectivity index (χ4n) is 1.80. The quantitative estimate of drug-likeness (QED) is 0.705. The van der Waals surface area contributed by atoms with Crippen molar-refractivity contribution < 1.29 is 34.1 Å². The van der Waals surface area contributed by atoms with Crippen LogP contribution in [0.5, 0.6) is 11.5 Å². The molecule has 21 heavy (non-hydrogen) atoms. The Morgan fingerprint density at radius 1 is 1.14 bits per heavy atom. The molecule has 0 aliphatic carbocycles. The second kappa shape index (κ2) is 6.12. The maximum absolute atomic E-state index is 12.0. The van der Waals surface area contributed by atoms with E-state index in [1.54, 1.807) is 0 Å². The minimum Gasteiger partial charge on any atom is -0.486 e. The van der Waals surface area contributed by atoms with Gasteiger partial charge in [-0.05, 0) is 18.2 Å². The van der Waals surface area contributed by atoms with E-state index in [1.165, 1.54) is 18.2 Å². The standard InChI is InChI=1S/C13H13NO7/c15-11(16)6-8(13(18)19)14-12(17)7-1-2-9-10(5-7)21-4-3-20-9/h1-2,5,8H,3-4,6H2,(H,14,17)(H,15,16)(H,18,19). The summed E-state index contributed by atoms with van der Waals surface area (Å²) in [4.78, 5) is 33.4. The van der Waals surface area contributed by atoms with Gasteiger partial charge in [-0.2, -0.15) is 0 Å². The van der Waals surface area contributed by atoms with Gasteiger partial charge in [0.25, 0.3) is 5.91 Å². The first-order valence-corrected chi connectivity index (χ1v) is 6.12. The van der Waals surface area contributed by atoms with Gasteiger partial charge in [0.1, 0.15) is 19.3 Å². The van der Waals surface area contributed by atoms with Gasteiger partial charge >= 0.3 is 11.9 Å². The van der Waals surface area contributed by atoms with Crippen molar-refractivity contribution in [1.82, 2.24) is 5.32 Å². The zero-order valence-corrected chi connectivity index (χ0v) is 10.9. The van der Waals surface area contributed by atoms with Gasteiger partial charge in [0.05, 0.1) is 6.42 Å². The number of carbonyl (C=O) groups excluding carboxylic acids is 1. The van der Waals surface area contributed by atoms with Crippen LogP contribution >= 0.6 is 0 Å². The molecule has 3 N–H and O–H groups in total. The van der Waals surface area contributed by atoms with E-state index in [4.69, 9.17) is 19.7 Å². The molecule has 1 heterocycles. The van der Waals surface area contributed by atoms with Gasteiger partial charge in [0.2, 0.25) is 0 Å². The number of ether oxygens (including phenoxy) is 2. The molecule has 1 aromatic rings. The van der Waals surface area contributed by atoms with E-state index in [1.807, 2.05) is 0 Å². The van der Waals surface area contributed by atoms with Gasteiger partial charge in [0, 0.05) is 5.56 Å². The highest BCUT2D eigenvalue weighted by molar-refractivity contribution is 5.97. The van der Waals surface area contributed by atoms with E-state index in [-0.39, 0.29) is 5.56 Å². The Balaban J connectivity index is 2.12. The maximum Gasteiger partial charge on any atom is 0.326 e. The third-order valence-electron chi connectivity index (χ3n) is 2.79. The summed E-state index contributed by atoms with van der Waals surface area (Å²) in [6, 6.07) is 2.91. The Morgan fingerprint density at radius 2 is 1.81 bits per heavy atom. The van der Waals surface area contributed by atoms with Crippen molar-refractivity contribution in [3.8, 4) is 11.5 Å². The van der Waals surface area contributed by atoms with Crippen LogP contribution < -0.4 is 14.8 Å². The Labute approximate surface area is 119 Å². The van der Waals surface area contributed by atoms with Crippen molar-refractivity contribution in [1.29, 1.82) is 0 Å². The minimum absolute atomic E-state index is 0.163. The number of carbonyl (C=O) groups is 3. The van der Waals surface area contributed by atoms with Gasteiger partial charge in [0.15, 0.2) is 11.5 Å². The van der Waals surface area contributed by atoms with Crippen LogP contribution in [0.2, 0.25) is 0 Å². The van der Waals surface area contributed by atoms with Crippen molar-refractivity contribution >= 4 is 17.8 Å². The molecular weight excluding hydrogens is 282 g/mol. The molecular formula is C13H13NO7. The fourth-order valence-corrected chi connectivity index (χ4v) is 1.80. The molecule has 0 spiro atoms. The van der Waals surface area contributed by atoms with Crippen LogP contribution in [0.25, 0.3) is 0 Å². The molecule has 0 bridgehead atoms. The predicted octanol–water partition coefficient (Wildman–Crippen LogP) is 0.115. The lowest BCUT2D eigenvalue weighted by Crippen LogP contribution is -2.42. The van der Waals surface area contributed by atoms with Crippen LogP contribution in [0.1, 0.15) is 16.8 Å². The largest absolute Gasteiger partial charge is 0.486 e. The highest BCUT2D eigenvalue weighted by Crippen LogP contribution is 2.30. The zero-order chi connectivity index (χ0) is 15.4. The molecule has 112 valence electrons. The third-order valence-corrected chi connectivity index (χ3v) is 2.79. The Hall–Kier alpha value is -2.77. The van der Waals surface area contributed by atoms with Crippen LogP contribution in [0, 0.1) is 0 Å². The lowest BCUT2D eigenvalue weighted by molar-refractivity contribution is -0.145. The fraction of sp³-hybridized carbons (Fsp3) is 0.308. The molecule has 1 aliphatic heterocycles. The summed E-state index contributed by atoms with van der Waals surface area (Å²) >= 11 is 0. The normalized spacial score (nSPS) is 14.1. The number of nitrogens with one attached hydrogen (secondary N) is 1. The first kappa shape index (κ1) is 14.6. The first-order chi connectivity index (χ1) is 9.97. The molecule has 0 aromatic heterocycles. The van der Waals surface area contributed by atoms with Gasteiger partial charge in [-0.3, -0.25) is 9.59 Å². The summed E-state index contributed by atoms with van der Waals surface area (Å²) in [6.45, 7) is 0.771. The number of carboxylic acid groups (broad SMARTS) is 2. The summed E-state index contributed by atoms with van der Waals surface area (Å²) in [5, 5.41) is 19.7. The van der Waals surface area contributed by atoms with Gasteiger partial charge in [-0.1, -0.05) is 0 Å². The van der Waals surface area contributed by atoms with Crippen LogP contribution in [-0.2, 0) is 9.59 Å². The second-order valence-corrected chi connectivity index (χ2v) is 4.32. The molecule has 1 amide bonds. The number of hydrogen-bond acceptors (Lipinski definition) is 5. The van der Waals surface area contributed by atoms with E-state index < -0.39 is 30.3 Å². The smallest absolute Gasteiger partial charge is 0.326 e. The summed E-state index contributed by atoms with van der Waals surface area (Å²) in [5.41, 5.74) is 0.163. The number of fused-ring (bicyclic) bond motifs is 1. The highest BCUT2D eigenvalue weighted by atomic mass is 16.6. The van der Waals surface area contributed by atoms with Crippen molar-refractivity contribution in [2.45, 2.75) is 12.5 Å². The number of benzene rings is 1. The van der Waals surface area contributed by atoms with Crippen molar-refractivity contribution in [2.75, 3.05) is 13.2 Å². The molecule has 0 saturated carbocycles. The number of carboxylic acids is 2. The molecule has 0 fully saturated rings. The predicted molar refractivity (Wildman–Crippen MR) is 68.6 cm³/mol. The summed E-state index contributed by atoms with van der Waals surface area (Å²) in [6.07, 6.45) is -0.703. The summed E-state index contributed by atoms with van der Waals surface area (Å²) in [7, 11) is 0. The molecule has 1 aromatic carbocycles. The lowest BCUT2D eigenvalue weighted by atomic mass is 10.1. The molecule has 1 atom stereocenters. The number of rotatable bonds is 5. The van der Waals surface area contributed by atoms with Crippen molar-refractivity contribution in [2.24, 2.45) is 0 Å². The average Bonchev–Trinajstić information content (AvgIpc) is 2.45. The van der Waals surface area contributed by atoms with Crippen LogP contribution in [0.4, 0.5) is 0 Å². The van der Waals surface area contributed by atoms with E-state index in [2.05, 4.69) is 5.32 Å². The van der Waals surface area contributed by atoms with E-state index >= 15 is 0 Å². The molecule has 0 saturated heterocycles. The van der Waals surface area contributed by atoms with Gasteiger partial charge in [-0.15, -0.1) is 0 Å². The third kappa shape index (κ3) is 3.62. The van der Waals surface area contributed by atoms with E-state index in [0.29, 0.717) is 24.7 Å². The number of amides is 1. The zero-order valence-electron chi connectivity index (χ0n) is 10.9. The van der Waals surface area contributed by atoms with E-state index in [0.717, 1.165) is 0 Å². The van der Waals surface area contributed by atoms with Gasteiger partial charge < -0.3 is 25.0 Å². The highest BCUT2D eigenvalue weighted by Gasteiger charge is 2.24. The van der Waals surface area contributed by atoms with Crippen LogP contribution in [0.15, 0.2) is 18.2 Å².